The van der Waals surface area contributed by atoms with Gasteiger partial charge in [-0.2, -0.15) is 5.10 Å². The van der Waals surface area contributed by atoms with Crippen molar-refractivity contribution in [1.82, 2.24) is 15.5 Å². The summed E-state index contributed by atoms with van der Waals surface area (Å²) < 4.78 is 0. The Labute approximate surface area is 129 Å². The van der Waals surface area contributed by atoms with Crippen LogP contribution in [-0.2, 0) is 4.79 Å². The quantitative estimate of drug-likeness (QED) is 0.757. The highest BCUT2D eigenvalue weighted by molar-refractivity contribution is 5.96. The van der Waals surface area contributed by atoms with E-state index < -0.39 is 17.9 Å². The molecule has 1 aromatic heterocycles. The highest BCUT2D eigenvalue weighted by Gasteiger charge is 2.24. The summed E-state index contributed by atoms with van der Waals surface area (Å²) >= 11 is 0. The Kier molecular flexibility index (Phi) is 4.93. The average Bonchev–Trinajstić information content (AvgIpc) is 3.02. The summed E-state index contributed by atoms with van der Waals surface area (Å²) in [5.74, 6) is -0.956. The lowest BCUT2D eigenvalue weighted by atomic mass is 9.98. The zero-order chi connectivity index (χ0) is 16.1. The molecular weight excluding hydrogens is 280 g/mol. The van der Waals surface area contributed by atoms with Gasteiger partial charge >= 0.3 is 0 Å². The Morgan fingerprint density at radius 1 is 1.32 bits per heavy atom. The van der Waals surface area contributed by atoms with Gasteiger partial charge in [0.15, 0.2) is 0 Å². The Morgan fingerprint density at radius 3 is 2.59 bits per heavy atom. The predicted molar refractivity (Wildman–Crippen MR) is 83.9 cm³/mol. The van der Waals surface area contributed by atoms with Crippen LogP contribution in [0.3, 0.4) is 0 Å². The van der Waals surface area contributed by atoms with Crippen LogP contribution in [0.4, 0.5) is 0 Å². The molecule has 1 aromatic carbocycles. The van der Waals surface area contributed by atoms with Gasteiger partial charge in [-0.05, 0) is 12.0 Å². The molecule has 0 saturated heterocycles. The summed E-state index contributed by atoms with van der Waals surface area (Å²) in [6, 6.07) is 10.5. The van der Waals surface area contributed by atoms with Crippen LogP contribution in [0.25, 0.3) is 11.3 Å². The van der Waals surface area contributed by atoms with Crippen LogP contribution in [0.1, 0.15) is 30.8 Å². The molecule has 6 nitrogen and oxygen atoms in total. The van der Waals surface area contributed by atoms with E-state index in [0.29, 0.717) is 11.4 Å². The molecule has 2 rings (SSSR count). The minimum Gasteiger partial charge on any atom is -0.368 e. The van der Waals surface area contributed by atoms with E-state index in [4.69, 9.17) is 5.73 Å². The van der Waals surface area contributed by atoms with Gasteiger partial charge in [0.1, 0.15) is 11.7 Å². The van der Waals surface area contributed by atoms with Crippen molar-refractivity contribution in [3.05, 3.63) is 42.1 Å². The van der Waals surface area contributed by atoms with Crippen molar-refractivity contribution in [1.29, 1.82) is 0 Å². The van der Waals surface area contributed by atoms with Crippen LogP contribution in [0, 0.1) is 5.92 Å². The van der Waals surface area contributed by atoms with Crippen molar-refractivity contribution in [2.75, 3.05) is 0 Å². The first kappa shape index (κ1) is 15.8. The number of aromatic nitrogens is 2. The first-order valence-electron chi connectivity index (χ1n) is 7.24. The molecule has 2 aromatic rings. The second kappa shape index (κ2) is 6.89. The molecule has 4 N–H and O–H groups in total. The molecule has 0 aliphatic carbocycles. The van der Waals surface area contributed by atoms with Gasteiger partial charge in [-0.3, -0.25) is 14.7 Å². The monoisotopic (exact) mass is 300 g/mol. The molecular formula is C16H20N4O2. The van der Waals surface area contributed by atoms with E-state index in [-0.39, 0.29) is 5.92 Å². The van der Waals surface area contributed by atoms with Gasteiger partial charge in [0.2, 0.25) is 5.91 Å². The Bertz CT molecular complexity index is 651. The highest BCUT2D eigenvalue weighted by Crippen LogP contribution is 2.17. The zero-order valence-corrected chi connectivity index (χ0v) is 12.7. The number of carbonyl (C=O) groups is 2. The van der Waals surface area contributed by atoms with Gasteiger partial charge < -0.3 is 11.1 Å². The first-order chi connectivity index (χ1) is 10.5. The van der Waals surface area contributed by atoms with Gasteiger partial charge in [-0.15, -0.1) is 0 Å². The number of carbonyl (C=O) groups excluding carboxylic acids is 2. The second-order valence-corrected chi connectivity index (χ2v) is 5.27. The van der Waals surface area contributed by atoms with Crippen LogP contribution in [0.5, 0.6) is 0 Å². The van der Waals surface area contributed by atoms with Crippen molar-refractivity contribution in [3.8, 4) is 11.3 Å². The average molecular weight is 300 g/mol. The van der Waals surface area contributed by atoms with Gasteiger partial charge in [-0.1, -0.05) is 50.6 Å². The van der Waals surface area contributed by atoms with Crippen molar-refractivity contribution in [2.45, 2.75) is 26.3 Å². The molecule has 22 heavy (non-hydrogen) atoms. The fourth-order valence-corrected chi connectivity index (χ4v) is 2.14. The summed E-state index contributed by atoms with van der Waals surface area (Å²) in [6.07, 6.45) is 0.742. The first-order valence-corrected chi connectivity index (χ1v) is 7.24. The number of nitrogens with zero attached hydrogens (tertiary/aromatic N) is 1. The van der Waals surface area contributed by atoms with Crippen molar-refractivity contribution >= 4 is 11.8 Å². The number of amides is 2. The van der Waals surface area contributed by atoms with E-state index in [9.17, 15) is 9.59 Å². The molecule has 2 atom stereocenters. The molecule has 0 saturated carbocycles. The smallest absolute Gasteiger partial charge is 0.269 e. The molecule has 0 fully saturated rings. The predicted octanol–water partition coefficient (Wildman–Crippen LogP) is 1.71. The minimum absolute atomic E-state index is 0.0297. The van der Waals surface area contributed by atoms with E-state index in [0.717, 1.165) is 12.0 Å². The van der Waals surface area contributed by atoms with Crippen LogP contribution in [0.2, 0.25) is 0 Å². The fourth-order valence-electron chi connectivity index (χ4n) is 2.14. The van der Waals surface area contributed by atoms with Gasteiger partial charge in [0, 0.05) is 5.56 Å². The molecule has 0 bridgehead atoms. The maximum absolute atomic E-state index is 12.2. The topological polar surface area (TPSA) is 101 Å². The third-order valence-electron chi connectivity index (χ3n) is 3.70. The lowest BCUT2D eigenvalue weighted by Gasteiger charge is -2.20. The van der Waals surface area contributed by atoms with Crippen LogP contribution in [-0.4, -0.2) is 28.1 Å². The molecule has 2 unspecified atom stereocenters. The second-order valence-electron chi connectivity index (χ2n) is 5.27. The number of primary amides is 1. The standard InChI is InChI=1S/C16H20N4O2/c1-3-10(2)14(15(17)21)18-16(22)13-9-12(19-20-13)11-7-5-4-6-8-11/h4-10,14H,3H2,1-2H3,(H2,17,21)(H,18,22)(H,19,20). The molecule has 0 spiro atoms. The number of nitrogens with one attached hydrogen (secondary N) is 2. The summed E-state index contributed by atoms with van der Waals surface area (Å²) in [7, 11) is 0. The largest absolute Gasteiger partial charge is 0.368 e. The number of benzene rings is 1. The van der Waals surface area contributed by atoms with Crippen LogP contribution < -0.4 is 11.1 Å². The maximum atomic E-state index is 12.2. The maximum Gasteiger partial charge on any atom is 0.269 e. The van der Waals surface area contributed by atoms with E-state index in [1.165, 1.54) is 0 Å². The van der Waals surface area contributed by atoms with Gasteiger partial charge in [-0.25, -0.2) is 0 Å². The van der Waals surface area contributed by atoms with E-state index in [1.807, 2.05) is 44.2 Å². The summed E-state index contributed by atoms with van der Waals surface area (Å²) in [5.41, 5.74) is 7.24. The number of H-pyrrole nitrogens is 1. The fraction of sp³-hybridized carbons (Fsp3) is 0.312. The van der Waals surface area contributed by atoms with Crippen molar-refractivity contribution < 1.29 is 9.59 Å². The SMILES string of the molecule is CCC(C)C(NC(=O)c1cc(-c2ccccc2)n[nH]1)C(N)=O. The number of aromatic amines is 1. The molecule has 0 radical (unpaired) electrons. The molecule has 0 aliphatic heterocycles. The number of nitrogens with two attached hydrogens (primary N) is 1. The van der Waals surface area contributed by atoms with E-state index in [1.54, 1.807) is 6.07 Å². The Morgan fingerprint density at radius 2 is 2.00 bits per heavy atom. The van der Waals surface area contributed by atoms with Gasteiger partial charge in [0.05, 0.1) is 5.69 Å². The third-order valence-corrected chi connectivity index (χ3v) is 3.70. The zero-order valence-electron chi connectivity index (χ0n) is 12.7. The lowest BCUT2D eigenvalue weighted by molar-refractivity contribution is -0.120. The molecule has 1 heterocycles. The molecule has 6 heteroatoms. The summed E-state index contributed by atoms with van der Waals surface area (Å²) in [6.45, 7) is 3.81. The Hall–Kier alpha value is -2.63. The summed E-state index contributed by atoms with van der Waals surface area (Å²) in [5, 5.41) is 9.48. The minimum atomic E-state index is -0.694. The van der Waals surface area contributed by atoms with E-state index >= 15 is 0 Å². The van der Waals surface area contributed by atoms with Crippen molar-refractivity contribution in [2.24, 2.45) is 11.7 Å². The van der Waals surface area contributed by atoms with Crippen molar-refractivity contribution in [3.63, 3.8) is 0 Å². The highest BCUT2D eigenvalue weighted by atomic mass is 16.2. The molecule has 2 amide bonds. The Balaban J connectivity index is 2.13. The molecule has 116 valence electrons. The lowest BCUT2D eigenvalue weighted by Crippen LogP contribution is -2.48. The van der Waals surface area contributed by atoms with Gasteiger partial charge in [0.25, 0.3) is 5.91 Å². The molecule has 0 aliphatic rings. The number of hydrogen-bond acceptors (Lipinski definition) is 3. The van der Waals surface area contributed by atoms with Crippen LogP contribution >= 0.6 is 0 Å². The van der Waals surface area contributed by atoms with Crippen LogP contribution in [0.15, 0.2) is 36.4 Å². The number of rotatable bonds is 6. The summed E-state index contributed by atoms with van der Waals surface area (Å²) in [4.78, 5) is 23.7. The normalized spacial score (nSPS) is 13.4. The number of hydrogen-bond donors (Lipinski definition) is 3. The van der Waals surface area contributed by atoms with E-state index in [2.05, 4.69) is 15.5 Å². The third kappa shape index (κ3) is 3.52.